The first-order valence-electron chi connectivity index (χ1n) is 4.99. The van der Waals surface area contributed by atoms with Crippen LogP contribution >= 0.6 is 11.3 Å². The molecule has 1 heterocycles. The lowest BCUT2D eigenvalue weighted by Gasteiger charge is -2.13. The predicted octanol–water partition coefficient (Wildman–Crippen LogP) is 2.66. The summed E-state index contributed by atoms with van der Waals surface area (Å²) in [6.45, 7) is 2.28. The Morgan fingerprint density at radius 3 is 2.94 bits per heavy atom. The molecular formula is C12H13NO2S. The van der Waals surface area contributed by atoms with Gasteiger partial charge in [-0.25, -0.2) is 4.98 Å². The van der Waals surface area contributed by atoms with Crippen LogP contribution in [0.25, 0.3) is 0 Å². The van der Waals surface area contributed by atoms with Gasteiger partial charge in [-0.3, -0.25) is 0 Å². The van der Waals surface area contributed by atoms with Crippen LogP contribution in [0.2, 0.25) is 0 Å². The molecule has 0 saturated carbocycles. The van der Waals surface area contributed by atoms with Crippen LogP contribution in [0.3, 0.4) is 0 Å². The van der Waals surface area contributed by atoms with E-state index in [1.165, 1.54) is 11.3 Å². The maximum Gasteiger partial charge on any atom is 0.181 e. The molecule has 0 saturated heterocycles. The summed E-state index contributed by atoms with van der Waals surface area (Å²) in [7, 11) is 0. The second kappa shape index (κ2) is 5.21. The number of aliphatic hydroxyl groups is 1. The molecule has 1 unspecified atom stereocenters. The minimum absolute atomic E-state index is 0.332. The van der Waals surface area contributed by atoms with Crippen LogP contribution in [0.4, 0.5) is 0 Å². The third-order valence-electron chi connectivity index (χ3n) is 2.33. The van der Waals surface area contributed by atoms with Crippen LogP contribution in [0.1, 0.15) is 23.1 Å². The van der Waals surface area contributed by atoms with E-state index >= 15 is 0 Å². The highest BCUT2D eigenvalue weighted by molar-refractivity contribution is 7.07. The van der Waals surface area contributed by atoms with Crippen molar-refractivity contribution < 1.29 is 9.84 Å². The Morgan fingerprint density at radius 2 is 2.25 bits per heavy atom. The normalized spacial score (nSPS) is 12.6. The van der Waals surface area contributed by atoms with E-state index in [1.54, 1.807) is 5.51 Å². The maximum absolute atomic E-state index is 9.85. The van der Waals surface area contributed by atoms with Gasteiger partial charge in [0.05, 0.1) is 17.8 Å². The standard InChI is InChI=1S/C12H13NO2S/c1-9-4-2-3-5-11(9)12(14)15-6-10-7-16-8-13-10/h2-5,7-8,12,14H,6H2,1H3. The van der Waals surface area contributed by atoms with E-state index < -0.39 is 6.29 Å². The number of benzene rings is 1. The number of hydrogen-bond acceptors (Lipinski definition) is 4. The number of aryl methyl sites for hydroxylation is 1. The quantitative estimate of drug-likeness (QED) is 0.828. The molecule has 0 amide bonds. The number of aliphatic hydroxyl groups excluding tert-OH is 1. The van der Waals surface area contributed by atoms with Gasteiger partial charge in [-0.15, -0.1) is 11.3 Å². The summed E-state index contributed by atoms with van der Waals surface area (Å²) in [4.78, 5) is 4.09. The fourth-order valence-corrected chi connectivity index (χ4v) is 1.97. The monoisotopic (exact) mass is 235 g/mol. The number of ether oxygens (including phenoxy) is 1. The summed E-state index contributed by atoms with van der Waals surface area (Å²) in [5, 5.41) is 11.8. The Kier molecular flexibility index (Phi) is 3.66. The topological polar surface area (TPSA) is 42.4 Å². The van der Waals surface area contributed by atoms with Gasteiger partial charge in [0, 0.05) is 10.9 Å². The van der Waals surface area contributed by atoms with E-state index in [1.807, 2.05) is 36.6 Å². The third kappa shape index (κ3) is 2.66. The lowest BCUT2D eigenvalue weighted by molar-refractivity contribution is -0.113. The van der Waals surface area contributed by atoms with Crippen molar-refractivity contribution in [1.82, 2.24) is 4.98 Å². The Labute approximate surface area is 98.4 Å². The lowest BCUT2D eigenvalue weighted by atomic mass is 10.1. The average Bonchev–Trinajstić information content (AvgIpc) is 2.79. The van der Waals surface area contributed by atoms with E-state index in [-0.39, 0.29) is 0 Å². The van der Waals surface area contributed by atoms with Crippen LogP contribution in [-0.4, -0.2) is 10.1 Å². The van der Waals surface area contributed by atoms with Gasteiger partial charge < -0.3 is 9.84 Å². The van der Waals surface area contributed by atoms with Crippen LogP contribution < -0.4 is 0 Å². The third-order valence-corrected chi connectivity index (χ3v) is 2.96. The summed E-state index contributed by atoms with van der Waals surface area (Å²) in [6.07, 6.45) is -0.886. The first-order valence-corrected chi connectivity index (χ1v) is 5.94. The van der Waals surface area contributed by atoms with E-state index in [2.05, 4.69) is 4.98 Å². The molecule has 3 nitrogen and oxygen atoms in total. The van der Waals surface area contributed by atoms with Crippen molar-refractivity contribution in [2.75, 3.05) is 0 Å². The van der Waals surface area contributed by atoms with Gasteiger partial charge in [0.2, 0.25) is 0 Å². The van der Waals surface area contributed by atoms with E-state index in [0.29, 0.717) is 6.61 Å². The summed E-state index contributed by atoms with van der Waals surface area (Å²) in [5.74, 6) is 0. The molecule has 2 rings (SSSR count). The van der Waals surface area contributed by atoms with Gasteiger partial charge in [0.25, 0.3) is 0 Å². The summed E-state index contributed by atoms with van der Waals surface area (Å²) in [5.41, 5.74) is 4.42. The summed E-state index contributed by atoms with van der Waals surface area (Å²) >= 11 is 1.52. The number of nitrogens with zero attached hydrogens (tertiary/aromatic N) is 1. The molecule has 2 aromatic rings. The van der Waals surface area contributed by atoms with Crippen molar-refractivity contribution in [3.63, 3.8) is 0 Å². The zero-order valence-electron chi connectivity index (χ0n) is 8.96. The molecular weight excluding hydrogens is 222 g/mol. The highest BCUT2D eigenvalue weighted by Crippen LogP contribution is 2.19. The van der Waals surface area contributed by atoms with Gasteiger partial charge in [0.1, 0.15) is 0 Å². The summed E-state index contributed by atoms with van der Waals surface area (Å²) < 4.78 is 5.35. The SMILES string of the molecule is Cc1ccccc1C(O)OCc1cscn1. The molecule has 1 atom stereocenters. The average molecular weight is 235 g/mol. The zero-order chi connectivity index (χ0) is 11.4. The van der Waals surface area contributed by atoms with Crippen LogP contribution in [-0.2, 0) is 11.3 Å². The molecule has 0 bridgehead atoms. The van der Waals surface area contributed by atoms with E-state index in [4.69, 9.17) is 4.74 Å². The first-order chi connectivity index (χ1) is 7.77. The Bertz CT molecular complexity index is 442. The number of thiazole rings is 1. The Hall–Kier alpha value is -1.23. The van der Waals surface area contributed by atoms with Crippen molar-refractivity contribution >= 4 is 11.3 Å². The lowest BCUT2D eigenvalue weighted by Crippen LogP contribution is -2.05. The van der Waals surface area contributed by atoms with E-state index in [0.717, 1.165) is 16.8 Å². The largest absolute Gasteiger partial charge is 0.364 e. The first kappa shape index (κ1) is 11.3. The maximum atomic E-state index is 9.85. The minimum atomic E-state index is -0.886. The van der Waals surface area contributed by atoms with Gasteiger partial charge in [-0.1, -0.05) is 24.3 Å². The van der Waals surface area contributed by atoms with Crippen molar-refractivity contribution in [3.8, 4) is 0 Å². The molecule has 0 aliphatic heterocycles. The van der Waals surface area contributed by atoms with Crippen molar-refractivity contribution in [2.24, 2.45) is 0 Å². The second-order valence-corrected chi connectivity index (χ2v) is 4.22. The van der Waals surface area contributed by atoms with Crippen LogP contribution in [0.5, 0.6) is 0 Å². The molecule has 0 radical (unpaired) electrons. The summed E-state index contributed by atoms with van der Waals surface area (Å²) in [6, 6.07) is 7.63. The van der Waals surface area contributed by atoms with Crippen molar-refractivity contribution in [1.29, 1.82) is 0 Å². The van der Waals surface area contributed by atoms with Crippen molar-refractivity contribution in [2.45, 2.75) is 19.8 Å². The molecule has 1 aromatic heterocycles. The number of rotatable bonds is 4. The van der Waals surface area contributed by atoms with E-state index in [9.17, 15) is 5.11 Å². The van der Waals surface area contributed by atoms with Gasteiger partial charge in [-0.2, -0.15) is 0 Å². The smallest absolute Gasteiger partial charge is 0.181 e. The molecule has 1 aromatic carbocycles. The fourth-order valence-electron chi connectivity index (χ4n) is 1.43. The molecule has 0 fully saturated rings. The number of aromatic nitrogens is 1. The van der Waals surface area contributed by atoms with Crippen molar-refractivity contribution in [3.05, 3.63) is 52.0 Å². The zero-order valence-corrected chi connectivity index (χ0v) is 9.78. The Morgan fingerprint density at radius 1 is 1.44 bits per heavy atom. The highest BCUT2D eigenvalue weighted by atomic mass is 32.1. The Balaban J connectivity index is 1.98. The molecule has 0 aliphatic carbocycles. The predicted molar refractivity (Wildman–Crippen MR) is 63.0 cm³/mol. The number of hydrogen-bond donors (Lipinski definition) is 1. The van der Waals surface area contributed by atoms with Gasteiger partial charge in [-0.05, 0) is 12.5 Å². The van der Waals surface area contributed by atoms with Crippen LogP contribution in [0, 0.1) is 6.92 Å². The molecule has 84 valence electrons. The van der Waals surface area contributed by atoms with Crippen LogP contribution in [0.15, 0.2) is 35.2 Å². The minimum Gasteiger partial charge on any atom is -0.364 e. The highest BCUT2D eigenvalue weighted by Gasteiger charge is 2.10. The van der Waals surface area contributed by atoms with Gasteiger partial charge >= 0.3 is 0 Å². The second-order valence-electron chi connectivity index (χ2n) is 3.50. The molecule has 0 spiro atoms. The molecule has 4 heteroatoms. The molecule has 16 heavy (non-hydrogen) atoms. The molecule has 1 N–H and O–H groups in total. The molecule has 0 aliphatic rings. The van der Waals surface area contributed by atoms with Gasteiger partial charge in [0.15, 0.2) is 6.29 Å². The fraction of sp³-hybridized carbons (Fsp3) is 0.250.